The molecule has 1 aromatic carbocycles. The number of hydrogen-bond donors (Lipinski definition) is 1. The molecular formula is C12H9ClN2O2. The molecule has 1 aliphatic heterocycles. The van der Waals surface area contributed by atoms with Crippen molar-refractivity contribution in [2.24, 2.45) is 4.99 Å². The van der Waals surface area contributed by atoms with Crippen LogP contribution < -0.4 is 5.32 Å². The Kier molecular flexibility index (Phi) is 2.12. The Labute approximate surface area is 103 Å². The quantitative estimate of drug-likeness (QED) is 0.644. The van der Waals surface area contributed by atoms with Gasteiger partial charge in [-0.1, -0.05) is 17.7 Å². The zero-order valence-corrected chi connectivity index (χ0v) is 9.67. The molecule has 1 aliphatic carbocycles. The summed E-state index contributed by atoms with van der Waals surface area (Å²) >= 11 is 6.12. The molecular weight excluding hydrogens is 240 g/mol. The molecule has 0 spiro atoms. The lowest BCUT2D eigenvalue weighted by Crippen LogP contribution is -2.04. The fourth-order valence-electron chi connectivity index (χ4n) is 2.24. The summed E-state index contributed by atoms with van der Waals surface area (Å²) < 4.78 is 0. The zero-order valence-electron chi connectivity index (χ0n) is 8.92. The Hall–Kier alpha value is -1.64. The van der Waals surface area contributed by atoms with Crippen LogP contribution in [0.5, 0.6) is 0 Å². The highest BCUT2D eigenvalue weighted by Gasteiger charge is 2.45. The lowest BCUT2D eigenvalue weighted by molar-refractivity contribution is -0.115. The Balaban J connectivity index is 2.10. The number of carbonyl (C=O) groups is 1. The van der Waals surface area contributed by atoms with Gasteiger partial charge in [0.2, 0.25) is 12.0 Å². The van der Waals surface area contributed by atoms with E-state index < -0.39 is 5.54 Å². The van der Waals surface area contributed by atoms with E-state index in [0.29, 0.717) is 17.1 Å². The van der Waals surface area contributed by atoms with Crippen molar-refractivity contribution >= 4 is 29.3 Å². The molecule has 0 aromatic heterocycles. The van der Waals surface area contributed by atoms with Crippen molar-refractivity contribution in [2.75, 3.05) is 5.32 Å². The maximum Gasteiger partial charge on any atom is 0.235 e. The summed E-state index contributed by atoms with van der Waals surface area (Å²) in [7, 11) is 0. The molecule has 1 aromatic rings. The van der Waals surface area contributed by atoms with Crippen molar-refractivity contribution in [1.29, 1.82) is 0 Å². The summed E-state index contributed by atoms with van der Waals surface area (Å²) in [5, 5.41) is 3.23. The van der Waals surface area contributed by atoms with Gasteiger partial charge >= 0.3 is 0 Å². The molecule has 17 heavy (non-hydrogen) atoms. The first kappa shape index (κ1) is 10.5. The monoisotopic (exact) mass is 248 g/mol. The zero-order chi connectivity index (χ0) is 12.0. The number of hydrogen-bond acceptors (Lipinski definition) is 3. The maximum atomic E-state index is 11.3. The van der Waals surface area contributed by atoms with Gasteiger partial charge in [0.25, 0.3) is 0 Å². The normalized spacial score (nSPS) is 19.2. The second-order valence-corrected chi connectivity index (χ2v) is 4.86. The van der Waals surface area contributed by atoms with Crippen LogP contribution in [-0.2, 0) is 21.5 Å². The number of fused-ring (bicyclic) bond motifs is 1. The first-order valence-corrected chi connectivity index (χ1v) is 5.74. The number of rotatable bonds is 2. The fraction of sp³-hybridized carbons (Fsp3) is 0.333. The van der Waals surface area contributed by atoms with Gasteiger partial charge in [-0.25, -0.2) is 4.79 Å². The van der Waals surface area contributed by atoms with E-state index in [1.54, 1.807) is 12.1 Å². The lowest BCUT2D eigenvalue weighted by Gasteiger charge is -2.11. The number of nitrogens with zero attached hydrogens (tertiary/aromatic N) is 1. The Morgan fingerprint density at radius 1 is 1.41 bits per heavy atom. The van der Waals surface area contributed by atoms with Gasteiger partial charge < -0.3 is 5.32 Å². The number of benzene rings is 1. The molecule has 1 saturated carbocycles. The molecule has 5 heteroatoms. The smallest absolute Gasteiger partial charge is 0.235 e. The molecule has 0 radical (unpaired) electrons. The lowest BCUT2D eigenvalue weighted by atomic mass is 10.0. The molecule has 2 aliphatic rings. The minimum absolute atomic E-state index is 0.0530. The third-order valence-corrected chi connectivity index (χ3v) is 3.61. The third-order valence-electron chi connectivity index (χ3n) is 3.31. The largest absolute Gasteiger partial charge is 0.324 e. The van der Waals surface area contributed by atoms with Gasteiger partial charge in [0.1, 0.15) is 0 Å². The second kappa shape index (κ2) is 3.42. The Bertz CT molecular complexity index is 572. The van der Waals surface area contributed by atoms with Crippen molar-refractivity contribution in [3.05, 3.63) is 28.3 Å². The molecule has 1 amide bonds. The van der Waals surface area contributed by atoms with Crippen LogP contribution in [0.2, 0.25) is 5.02 Å². The number of aliphatic imine (C=N–C) groups is 1. The van der Waals surface area contributed by atoms with Crippen LogP contribution in [0.15, 0.2) is 17.1 Å². The topological polar surface area (TPSA) is 58.5 Å². The Morgan fingerprint density at radius 2 is 2.18 bits per heavy atom. The van der Waals surface area contributed by atoms with Crippen LogP contribution in [-0.4, -0.2) is 12.0 Å². The molecule has 4 nitrogen and oxygen atoms in total. The summed E-state index contributed by atoms with van der Waals surface area (Å²) in [4.78, 5) is 25.6. The average molecular weight is 249 g/mol. The van der Waals surface area contributed by atoms with Crippen molar-refractivity contribution < 1.29 is 9.59 Å². The summed E-state index contributed by atoms with van der Waals surface area (Å²) in [6, 6.07) is 3.69. The van der Waals surface area contributed by atoms with Gasteiger partial charge in [-0.05, 0) is 30.0 Å². The van der Waals surface area contributed by atoms with Crippen LogP contribution in [0, 0.1) is 0 Å². The van der Waals surface area contributed by atoms with Crippen molar-refractivity contribution in [3.8, 4) is 0 Å². The van der Waals surface area contributed by atoms with E-state index in [-0.39, 0.29) is 5.91 Å². The molecule has 0 saturated heterocycles. The number of anilines is 1. The summed E-state index contributed by atoms with van der Waals surface area (Å²) in [5.41, 5.74) is 2.03. The number of isocyanates is 1. The SMILES string of the molecule is O=C=NC1(c2cc(Cl)c3c(c2)CC(=O)N3)CC1. The van der Waals surface area contributed by atoms with Gasteiger partial charge in [-0.15, -0.1) is 0 Å². The number of amides is 1. The minimum Gasteiger partial charge on any atom is -0.324 e. The molecule has 0 atom stereocenters. The van der Waals surface area contributed by atoms with E-state index in [9.17, 15) is 9.59 Å². The first-order valence-electron chi connectivity index (χ1n) is 5.36. The molecule has 1 fully saturated rings. The van der Waals surface area contributed by atoms with E-state index in [1.165, 1.54) is 0 Å². The van der Waals surface area contributed by atoms with Crippen molar-refractivity contribution in [3.63, 3.8) is 0 Å². The molecule has 1 heterocycles. The number of halogens is 1. The number of carbonyl (C=O) groups excluding carboxylic acids is 2. The highest BCUT2D eigenvalue weighted by Crippen LogP contribution is 2.51. The summed E-state index contributed by atoms with van der Waals surface area (Å²) in [5.74, 6) is -0.0530. The second-order valence-electron chi connectivity index (χ2n) is 4.45. The van der Waals surface area contributed by atoms with Crippen LogP contribution in [0.3, 0.4) is 0 Å². The van der Waals surface area contributed by atoms with E-state index in [4.69, 9.17) is 11.6 Å². The van der Waals surface area contributed by atoms with Crippen LogP contribution >= 0.6 is 11.6 Å². The van der Waals surface area contributed by atoms with Crippen LogP contribution in [0.1, 0.15) is 24.0 Å². The fourth-order valence-corrected chi connectivity index (χ4v) is 2.53. The molecule has 86 valence electrons. The van der Waals surface area contributed by atoms with Gasteiger partial charge in [-0.2, -0.15) is 4.99 Å². The standard InChI is InChI=1S/C12H9ClN2O2/c13-9-5-8(12(1-2-12)14-6-16)3-7-4-10(17)15-11(7)9/h3,5H,1-2,4H2,(H,15,17). The van der Waals surface area contributed by atoms with Crippen LogP contribution in [0.4, 0.5) is 5.69 Å². The summed E-state index contributed by atoms with van der Waals surface area (Å²) in [6.07, 6.45) is 3.62. The molecule has 1 N–H and O–H groups in total. The summed E-state index contributed by atoms with van der Waals surface area (Å²) in [6.45, 7) is 0. The van der Waals surface area contributed by atoms with Gasteiger partial charge in [-0.3, -0.25) is 4.79 Å². The van der Waals surface area contributed by atoms with Crippen molar-refractivity contribution in [1.82, 2.24) is 0 Å². The van der Waals surface area contributed by atoms with Crippen LogP contribution in [0.25, 0.3) is 0 Å². The third kappa shape index (κ3) is 1.57. The van der Waals surface area contributed by atoms with E-state index >= 15 is 0 Å². The molecule has 3 rings (SSSR count). The maximum absolute atomic E-state index is 11.3. The highest BCUT2D eigenvalue weighted by molar-refractivity contribution is 6.34. The first-order chi connectivity index (χ1) is 8.14. The van der Waals surface area contributed by atoms with Gasteiger partial charge in [0.05, 0.1) is 22.7 Å². The number of nitrogens with one attached hydrogen (secondary N) is 1. The van der Waals surface area contributed by atoms with Crippen molar-refractivity contribution in [2.45, 2.75) is 24.8 Å². The van der Waals surface area contributed by atoms with Gasteiger partial charge in [0, 0.05) is 0 Å². The molecule has 0 unspecified atom stereocenters. The predicted octanol–water partition coefficient (Wildman–Crippen LogP) is 2.16. The molecule has 0 bridgehead atoms. The van der Waals surface area contributed by atoms with E-state index in [1.807, 2.05) is 6.07 Å². The Morgan fingerprint density at radius 3 is 2.82 bits per heavy atom. The van der Waals surface area contributed by atoms with E-state index in [2.05, 4.69) is 10.3 Å². The predicted molar refractivity (Wildman–Crippen MR) is 62.8 cm³/mol. The minimum atomic E-state index is -0.438. The van der Waals surface area contributed by atoms with Gasteiger partial charge in [0.15, 0.2) is 0 Å². The average Bonchev–Trinajstić information content (AvgIpc) is 2.95. The highest BCUT2D eigenvalue weighted by atomic mass is 35.5. The van der Waals surface area contributed by atoms with E-state index in [0.717, 1.165) is 24.0 Å².